The number of aliphatic hydroxyl groups is 2. The Hall–Kier alpha value is -6.49. The van der Waals surface area contributed by atoms with Crippen molar-refractivity contribution in [2.45, 2.75) is 183 Å². The number of phosphoric ester groups is 1. The van der Waals surface area contributed by atoms with E-state index >= 15 is 0 Å². The van der Waals surface area contributed by atoms with E-state index in [0.717, 1.165) is 11.1 Å². The maximum atomic E-state index is 14.3. The molecule has 0 aliphatic carbocycles. The van der Waals surface area contributed by atoms with Crippen LogP contribution < -0.4 is 39.7 Å². The van der Waals surface area contributed by atoms with Gasteiger partial charge in [-0.1, -0.05) is 40.7 Å². The van der Waals surface area contributed by atoms with Gasteiger partial charge in [0.15, 0.2) is 6.23 Å². The SMILES string of the molecule is C/C1=C2/[N-][C@@H](C3N=C(/C(C)=C4N=C(/C=C5N=C1[C@@H](CCC(N)=O)C\5(C)C)[C@@H](CCC(N)=O)[C@]\4(C)CC(N)=O)[C@@H](CCC(N)=O)[C@]3(C)CC(N)=O)[C@H](CC(N)=O)[C@@]2(C)CCC(=O)NC[C@@H](C)OP(=O)(O)O[C@H]1[C@@H](O)[C@@H](n2cnc3cc(C)c(C)cc32)O[C@@H]1CO.[CH3-].[Co+2]. The second-order valence-electron chi connectivity index (χ2n) is 26.5. The van der Waals surface area contributed by atoms with Gasteiger partial charge in [-0.05, 0) is 112 Å². The largest absolute Gasteiger partial charge is 2.00 e. The number of hydrogen-bond donors (Lipinski definition) is 10. The van der Waals surface area contributed by atoms with Gasteiger partial charge in [-0.25, -0.2) is 9.55 Å². The summed E-state index contributed by atoms with van der Waals surface area (Å²) in [5, 5.41) is 30.1. The number of benzene rings is 1. The third-order valence-electron chi connectivity index (χ3n) is 19.8. The van der Waals surface area contributed by atoms with Crippen LogP contribution in [0.1, 0.15) is 143 Å². The summed E-state index contributed by atoms with van der Waals surface area (Å²) in [5.74, 6) is -7.23. The molecule has 0 saturated carbocycles. The average molecular weight is 1330 g/mol. The maximum absolute atomic E-state index is 14.3. The van der Waals surface area contributed by atoms with Crippen molar-refractivity contribution in [2.24, 2.45) is 94.7 Å². The van der Waals surface area contributed by atoms with Crippen LogP contribution in [0.15, 0.2) is 67.8 Å². The summed E-state index contributed by atoms with van der Waals surface area (Å²) in [6.07, 6.45) is -4.36. The predicted octanol–water partition coefficient (Wildman–Crippen LogP) is 4.01. The van der Waals surface area contributed by atoms with Gasteiger partial charge in [0, 0.05) is 114 Å². The summed E-state index contributed by atoms with van der Waals surface area (Å²) in [4.78, 5) is 125. The Kier molecular flexibility index (Phi) is 22.6. The van der Waals surface area contributed by atoms with Crippen molar-refractivity contribution in [1.29, 1.82) is 0 Å². The van der Waals surface area contributed by atoms with Crippen molar-refractivity contribution < 1.29 is 83.8 Å². The van der Waals surface area contributed by atoms with Gasteiger partial charge < -0.3 is 76.9 Å². The molecule has 2 saturated heterocycles. The molecule has 501 valence electrons. The molecule has 2 aromatic rings. The summed E-state index contributed by atoms with van der Waals surface area (Å²) < 4.78 is 32.2. The molecule has 16 N–H and O–H groups in total. The number of fused-ring (bicyclic) bond motifs is 7. The van der Waals surface area contributed by atoms with Crippen molar-refractivity contribution in [3.63, 3.8) is 0 Å². The molecule has 6 aliphatic rings. The molecule has 29 heteroatoms. The van der Waals surface area contributed by atoms with Gasteiger partial charge >= 0.3 is 24.6 Å². The van der Waals surface area contributed by atoms with Crippen LogP contribution in [0.25, 0.3) is 16.4 Å². The van der Waals surface area contributed by atoms with E-state index in [2.05, 4.69) is 10.3 Å². The Balaban J connectivity index is 0.00000658. The number of hydrogen-bond acceptors (Lipinski definition) is 17. The topological polar surface area (TPSA) is 462 Å². The minimum absolute atomic E-state index is 0. The van der Waals surface area contributed by atoms with Gasteiger partial charge in [-0.2, -0.15) is 5.70 Å². The molecule has 2 fully saturated rings. The normalized spacial score (nSPS) is 32.9. The Morgan fingerprint density at radius 1 is 0.791 bits per heavy atom. The number of primary amides is 6. The number of nitrogens with one attached hydrogen (secondary N) is 1. The van der Waals surface area contributed by atoms with Crippen molar-refractivity contribution >= 4 is 77.3 Å². The van der Waals surface area contributed by atoms with Gasteiger partial charge in [0.1, 0.15) is 18.3 Å². The van der Waals surface area contributed by atoms with Crippen molar-refractivity contribution in [3.05, 3.63) is 76.6 Å². The Morgan fingerprint density at radius 2 is 1.38 bits per heavy atom. The van der Waals surface area contributed by atoms with Crippen molar-refractivity contribution in [3.8, 4) is 0 Å². The first kappa shape index (κ1) is 73.6. The fraction of sp³-hybridized carbons (Fsp3) is 0.613. The number of allylic oxidation sites excluding steroid dienone is 6. The third kappa shape index (κ3) is 14.7. The monoisotopic (exact) mass is 1330 g/mol. The number of aromatic nitrogens is 2. The predicted molar refractivity (Wildman–Crippen MR) is 336 cm³/mol. The Morgan fingerprint density at radius 3 is 1.97 bits per heavy atom. The van der Waals surface area contributed by atoms with Crippen LogP contribution >= 0.6 is 7.82 Å². The van der Waals surface area contributed by atoms with Crippen LogP contribution in [0.3, 0.4) is 0 Å². The first-order valence-corrected chi connectivity index (χ1v) is 31.6. The minimum Gasteiger partial charge on any atom is -0.682 e. The average Bonchev–Trinajstić information content (AvgIpc) is 1.55. The molecule has 15 atom stereocenters. The van der Waals surface area contributed by atoms with Crippen LogP contribution in [0.4, 0.5) is 0 Å². The first-order valence-electron chi connectivity index (χ1n) is 30.1. The summed E-state index contributed by atoms with van der Waals surface area (Å²) in [6.45, 7) is 17.3. The molecule has 8 bridgehead atoms. The van der Waals surface area contributed by atoms with Gasteiger partial charge in [-0.3, -0.25) is 57.6 Å². The summed E-state index contributed by atoms with van der Waals surface area (Å²) in [7, 11) is -5.06. The fourth-order valence-electron chi connectivity index (χ4n) is 15.0. The summed E-state index contributed by atoms with van der Waals surface area (Å²) >= 11 is 0. The number of phosphoric acid groups is 1. The zero-order valence-electron chi connectivity index (χ0n) is 53.6. The maximum Gasteiger partial charge on any atom is 2.00 e. The molecular formula is C62H90CoN13O14P. The number of carbonyl (C=O) groups excluding carboxylic acids is 7. The number of ether oxygens (including phenoxy) is 1. The number of nitrogens with two attached hydrogens (primary N) is 6. The van der Waals surface area contributed by atoms with Gasteiger partial charge in [0.05, 0.1) is 35.8 Å². The molecule has 0 spiro atoms. The molecule has 27 nitrogen and oxygen atoms in total. The standard InChI is InChI=1S/C61H88N13O14P.CH3.Co/c1-28-19-38-39(20-29(28)2)74(27-69-38)57-52(83)53(40(26-75)86-57)88-89(84,85)87-30(3)25-68-48(82)17-18-59(8)36(21-45(65)79)51-56-61(10,24-47(67)81)35(13-16-44(64)78)50(72-56)32(5)55-60(9,23-46(66)80)33(11-14-42(62)76)37(70-55)22-41-58(6,7)34(12-15-43(63)77)49(71-41)31(4)54(59)73-51;;/h19-20,22,27,30,33-36,40,51-53,56-57,75,83H,11-18,21,23-26H2,1-10H3,(H15,62,63,64,65,66,67,68,70,71,72,73,76,77,78,79,80,81,82,84,85);1H3;/q;-1;+2/p-1/t30-,33-,34-,35-,36+,40-,51-,52-,53-,56?,57+,59-,60+,61+;;/m1../s1. The minimum atomic E-state index is -5.06. The molecule has 7 heterocycles. The smallest absolute Gasteiger partial charge is 0.682 e. The van der Waals surface area contributed by atoms with E-state index in [-0.39, 0.29) is 101 Å². The number of aliphatic hydroxyl groups excluding tert-OH is 2. The summed E-state index contributed by atoms with van der Waals surface area (Å²) in [6, 6.07) is 1.73. The zero-order valence-corrected chi connectivity index (χ0v) is 55.5. The number of rotatable bonds is 26. The summed E-state index contributed by atoms with van der Waals surface area (Å²) in [5.41, 5.74) is 38.3. The van der Waals surface area contributed by atoms with Crippen LogP contribution in [0, 0.1) is 66.6 Å². The van der Waals surface area contributed by atoms with Gasteiger partial charge in [-0.15, -0.1) is 0 Å². The van der Waals surface area contributed by atoms with Crippen LogP contribution in [0.2, 0.25) is 0 Å². The van der Waals surface area contributed by atoms with E-state index in [0.29, 0.717) is 56.4 Å². The molecular weight excluding hydrogens is 1240 g/mol. The zero-order chi connectivity index (χ0) is 65.8. The van der Waals surface area contributed by atoms with Crippen molar-refractivity contribution in [2.75, 3.05) is 13.2 Å². The Bertz CT molecular complexity index is 3490. The van der Waals surface area contributed by atoms with Crippen molar-refractivity contribution in [1.82, 2.24) is 14.9 Å². The van der Waals surface area contributed by atoms with E-state index in [1.54, 1.807) is 11.5 Å². The van der Waals surface area contributed by atoms with Crippen LogP contribution in [-0.2, 0) is 68.7 Å². The number of carbonyl (C=O) groups is 7. The number of aryl methyl sites for hydroxylation is 2. The molecule has 1 radical (unpaired) electrons. The van der Waals surface area contributed by atoms with Gasteiger partial charge in [0.2, 0.25) is 41.4 Å². The van der Waals surface area contributed by atoms with Crippen LogP contribution in [-0.4, -0.2) is 133 Å². The number of amides is 7. The second kappa shape index (κ2) is 28.0. The second-order valence-corrected chi connectivity index (χ2v) is 27.8. The first-order chi connectivity index (χ1) is 41.5. The molecule has 1 aromatic heterocycles. The van der Waals surface area contributed by atoms with E-state index in [1.165, 1.54) is 13.3 Å². The Labute approximate surface area is 540 Å². The number of aliphatic imine (C=N–C) groups is 3. The number of nitrogens with zero attached hydrogens (tertiary/aromatic N) is 6. The molecule has 8 rings (SSSR count). The quantitative estimate of drug-likeness (QED) is 0.0470. The van der Waals surface area contributed by atoms with Gasteiger partial charge in [0.25, 0.3) is 0 Å². The number of imidazole rings is 1. The van der Waals surface area contributed by atoms with E-state index in [1.807, 2.05) is 73.6 Å². The third-order valence-corrected chi connectivity index (χ3v) is 20.9. The van der Waals surface area contributed by atoms with E-state index < -0.39 is 144 Å². The van der Waals surface area contributed by atoms with E-state index in [4.69, 9.17) is 68.5 Å². The van der Waals surface area contributed by atoms with E-state index in [9.17, 15) is 53.2 Å². The molecule has 7 amide bonds. The molecule has 91 heavy (non-hydrogen) atoms. The molecule has 2 unspecified atom stereocenters. The molecule has 6 aliphatic heterocycles. The molecule has 1 aromatic carbocycles. The van der Waals surface area contributed by atoms with Crippen LogP contribution in [0.5, 0.6) is 0 Å². The fourth-order valence-corrected chi connectivity index (χ4v) is 16.1.